The standard InChI is InChI=1S/C25H28F3N3O/c1-16-12-19(15-24(2,3)14-16)31-21-7-5-4-6-20(21)30-23(31)29-18-10-8-17(9-11-18)13-22(32)25(26,27)28/h4-11,16,19H,12-15H2,1-3H3,(H,29,30)/t16-,19+/m0/s1. The van der Waals surface area contributed by atoms with Gasteiger partial charge in [-0.25, -0.2) is 4.98 Å². The van der Waals surface area contributed by atoms with Crippen molar-refractivity contribution in [3.8, 4) is 0 Å². The second kappa shape index (κ2) is 8.26. The summed E-state index contributed by atoms with van der Waals surface area (Å²) in [6.45, 7) is 6.91. The first-order valence-corrected chi connectivity index (χ1v) is 10.9. The molecule has 1 heterocycles. The summed E-state index contributed by atoms with van der Waals surface area (Å²) in [6, 6.07) is 14.8. The van der Waals surface area contributed by atoms with Crippen LogP contribution in [0.2, 0.25) is 0 Å². The van der Waals surface area contributed by atoms with E-state index in [4.69, 9.17) is 4.98 Å². The summed E-state index contributed by atoms with van der Waals surface area (Å²) in [5, 5.41) is 3.36. The number of fused-ring (bicyclic) bond motifs is 1. The van der Waals surface area contributed by atoms with Crippen molar-refractivity contribution in [3.05, 3.63) is 54.1 Å². The molecule has 170 valence electrons. The van der Waals surface area contributed by atoms with Crippen molar-refractivity contribution >= 4 is 28.5 Å². The van der Waals surface area contributed by atoms with Crippen molar-refractivity contribution < 1.29 is 18.0 Å². The van der Waals surface area contributed by atoms with Crippen LogP contribution in [-0.4, -0.2) is 21.5 Å². The third-order valence-electron chi connectivity index (χ3n) is 6.22. The van der Waals surface area contributed by atoms with Crippen molar-refractivity contribution in [2.75, 3.05) is 5.32 Å². The lowest BCUT2D eigenvalue weighted by molar-refractivity contribution is -0.170. The maximum absolute atomic E-state index is 12.5. The Morgan fingerprint density at radius 3 is 2.47 bits per heavy atom. The Morgan fingerprint density at radius 1 is 1.12 bits per heavy atom. The third-order valence-corrected chi connectivity index (χ3v) is 6.22. The van der Waals surface area contributed by atoms with Gasteiger partial charge >= 0.3 is 6.18 Å². The number of para-hydroxylation sites is 2. The molecular weight excluding hydrogens is 415 g/mol. The normalized spacial score (nSPS) is 20.9. The highest BCUT2D eigenvalue weighted by Crippen LogP contribution is 2.46. The summed E-state index contributed by atoms with van der Waals surface area (Å²) in [7, 11) is 0. The Morgan fingerprint density at radius 2 is 1.81 bits per heavy atom. The van der Waals surface area contributed by atoms with E-state index >= 15 is 0 Å². The van der Waals surface area contributed by atoms with E-state index in [1.165, 1.54) is 6.42 Å². The predicted molar refractivity (Wildman–Crippen MR) is 120 cm³/mol. The average Bonchev–Trinajstić information content (AvgIpc) is 3.05. The van der Waals surface area contributed by atoms with Gasteiger partial charge in [-0.05, 0) is 60.4 Å². The first-order valence-electron chi connectivity index (χ1n) is 10.9. The molecular formula is C25H28F3N3O. The fraction of sp³-hybridized carbons (Fsp3) is 0.440. The lowest BCUT2D eigenvalue weighted by Gasteiger charge is -2.40. The molecule has 4 nitrogen and oxygen atoms in total. The molecule has 1 saturated carbocycles. The minimum Gasteiger partial charge on any atom is -0.326 e. The Kier molecular flexibility index (Phi) is 5.77. The molecule has 1 aliphatic rings. The number of Topliss-reactive ketones (excluding diaryl/α,β-unsaturated/α-hetero) is 1. The fourth-order valence-corrected chi connectivity index (χ4v) is 5.12. The molecule has 1 aromatic heterocycles. The number of alkyl halides is 3. The molecule has 0 bridgehead atoms. The zero-order chi connectivity index (χ0) is 23.1. The van der Waals surface area contributed by atoms with Gasteiger partial charge in [0, 0.05) is 18.2 Å². The molecule has 32 heavy (non-hydrogen) atoms. The van der Waals surface area contributed by atoms with E-state index in [-0.39, 0.29) is 5.41 Å². The van der Waals surface area contributed by atoms with Crippen LogP contribution in [0.15, 0.2) is 48.5 Å². The summed E-state index contributed by atoms with van der Waals surface area (Å²) in [4.78, 5) is 16.1. The summed E-state index contributed by atoms with van der Waals surface area (Å²) in [6.07, 6.45) is -2.16. The number of benzene rings is 2. The van der Waals surface area contributed by atoms with Gasteiger partial charge in [-0.3, -0.25) is 4.79 Å². The van der Waals surface area contributed by atoms with Gasteiger partial charge in [-0.15, -0.1) is 0 Å². The minimum absolute atomic E-state index is 0.234. The van der Waals surface area contributed by atoms with Gasteiger partial charge < -0.3 is 9.88 Å². The van der Waals surface area contributed by atoms with E-state index in [9.17, 15) is 18.0 Å². The molecule has 0 amide bonds. The largest absolute Gasteiger partial charge is 0.450 e. The van der Waals surface area contributed by atoms with E-state index in [1.54, 1.807) is 24.3 Å². The molecule has 0 spiro atoms. The number of nitrogens with zero attached hydrogens (tertiary/aromatic N) is 2. The topological polar surface area (TPSA) is 46.9 Å². The van der Waals surface area contributed by atoms with Crippen LogP contribution in [0.25, 0.3) is 11.0 Å². The van der Waals surface area contributed by atoms with Crippen molar-refractivity contribution in [1.29, 1.82) is 0 Å². The fourth-order valence-electron chi connectivity index (χ4n) is 5.12. The number of carbonyl (C=O) groups excluding carboxylic acids is 1. The quantitative estimate of drug-likeness (QED) is 0.470. The highest BCUT2D eigenvalue weighted by Gasteiger charge is 2.38. The van der Waals surface area contributed by atoms with Crippen LogP contribution < -0.4 is 5.32 Å². The number of nitrogens with one attached hydrogen (secondary N) is 1. The van der Waals surface area contributed by atoms with Crippen molar-refractivity contribution in [3.63, 3.8) is 0 Å². The van der Waals surface area contributed by atoms with Gasteiger partial charge in [0.25, 0.3) is 0 Å². The zero-order valence-corrected chi connectivity index (χ0v) is 18.5. The van der Waals surface area contributed by atoms with E-state index < -0.39 is 18.4 Å². The Labute approximate surface area is 185 Å². The van der Waals surface area contributed by atoms with Crippen molar-refractivity contribution in [2.24, 2.45) is 11.3 Å². The van der Waals surface area contributed by atoms with E-state index in [0.29, 0.717) is 23.2 Å². The van der Waals surface area contributed by atoms with Gasteiger partial charge in [-0.2, -0.15) is 13.2 Å². The maximum atomic E-state index is 12.5. The lowest BCUT2D eigenvalue weighted by atomic mass is 9.70. The molecule has 1 aliphatic carbocycles. The minimum atomic E-state index is -4.81. The molecule has 0 unspecified atom stereocenters. The Bertz CT molecular complexity index is 1120. The first kappa shape index (κ1) is 22.4. The zero-order valence-electron chi connectivity index (χ0n) is 18.5. The van der Waals surface area contributed by atoms with Crippen LogP contribution in [-0.2, 0) is 11.2 Å². The molecule has 0 saturated heterocycles. The highest BCUT2D eigenvalue weighted by molar-refractivity contribution is 5.86. The maximum Gasteiger partial charge on any atom is 0.450 e. The predicted octanol–water partition coefficient (Wildman–Crippen LogP) is 6.84. The van der Waals surface area contributed by atoms with E-state index in [1.807, 2.05) is 18.2 Å². The number of hydrogen-bond acceptors (Lipinski definition) is 3. The second-order valence-electron chi connectivity index (χ2n) is 9.78. The number of carbonyl (C=O) groups is 1. The van der Waals surface area contributed by atoms with Gasteiger partial charge in [0.15, 0.2) is 0 Å². The number of anilines is 2. The lowest BCUT2D eigenvalue weighted by Crippen LogP contribution is -2.29. The van der Waals surface area contributed by atoms with Crippen LogP contribution in [0, 0.1) is 11.3 Å². The van der Waals surface area contributed by atoms with Gasteiger partial charge in [0.1, 0.15) is 0 Å². The number of hydrogen-bond donors (Lipinski definition) is 1. The van der Waals surface area contributed by atoms with Crippen LogP contribution in [0.4, 0.5) is 24.8 Å². The smallest absolute Gasteiger partial charge is 0.326 e. The molecule has 7 heteroatoms. The van der Waals surface area contributed by atoms with E-state index in [0.717, 1.165) is 29.8 Å². The molecule has 2 atom stereocenters. The van der Waals surface area contributed by atoms with Crippen LogP contribution in [0.5, 0.6) is 0 Å². The molecule has 0 aliphatic heterocycles. The van der Waals surface area contributed by atoms with Gasteiger partial charge in [-0.1, -0.05) is 45.0 Å². The van der Waals surface area contributed by atoms with Crippen molar-refractivity contribution in [2.45, 2.75) is 58.7 Å². The Balaban J connectivity index is 1.62. The average molecular weight is 444 g/mol. The highest BCUT2D eigenvalue weighted by atomic mass is 19.4. The number of aromatic nitrogens is 2. The summed E-state index contributed by atoms with van der Waals surface area (Å²) in [5.41, 5.74) is 3.25. The molecule has 1 N–H and O–H groups in total. The van der Waals surface area contributed by atoms with Gasteiger partial charge in [0.2, 0.25) is 11.7 Å². The summed E-state index contributed by atoms with van der Waals surface area (Å²) < 4.78 is 39.9. The molecule has 1 fully saturated rings. The Hall–Kier alpha value is -2.83. The SMILES string of the molecule is C[C@H]1C[C@@H](n2c(Nc3ccc(CC(=O)C(F)(F)F)cc3)nc3ccccc32)CC(C)(C)C1. The van der Waals surface area contributed by atoms with E-state index in [2.05, 4.69) is 36.7 Å². The molecule has 4 rings (SSSR count). The number of imidazole rings is 1. The monoisotopic (exact) mass is 443 g/mol. The van der Waals surface area contributed by atoms with Crippen molar-refractivity contribution in [1.82, 2.24) is 9.55 Å². The summed E-state index contributed by atoms with van der Waals surface area (Å²) in [5.74, 6) is -0.419. The molecule has 0 radical (unpaired) electrons. The van der Waals surface area contributed by atoms with Crippen LogP contribution in [0.1, 0.15) is 51.6 Å². The molecule has 2 aromatic carbocycles. The number of rotatable bonds is 5. The summed E-state index contributed by atoms with van der Waals surface area (Å²) >= 11 is 0. The first-order chi connectivity index (χ1) is 15.0. The number of halogens is 3. The number of ketones is 1. The van der Waals surface area contributed by atoms with Crippen LogP contribution in [0.3, 0.4) is 0 Å². The third kappa shape index (κ3) is 4.81. The van der Waals surface area contributed by atoms with Crippen LogP contribution >= 0.6 is 0 Å². The molecule has 3 aromatic rings. The second-order valence-corrected chi connectivity index (χ2v) is 9.78. The van der Waals surface area contributed by atoms with Gasteiger partial charge in [0.05, 0.1) is 11.0 Å².